The lowest BCUT2D eigenvalue weighted by molar-refractivity contribution is 0.652. The third kappa shape index (κ3) is 1.15. The highest BCUT2D eigenvalue weighted by molar-refractivity contribution is 5.83. The van der Waals surface area contributed by atoms with Crippen molar-refractivity contribution in [3.8, 4) is 0 Å². The number of hydrogen-bond acceptors (Lipinski definition) is 1. The van der Waals surface area contributed by atoms with E-state index < -0.39 is 0 Å². The summed E-state index contributed by atoms with van der Waals surface area (Å²) in [7, 11) is 0. The third-order valence-electron chi connectivity index (χ3n) is 3.06. The maximum Gasteiger partial charge on any atom is 0.0457 e. The number of hydrogen-bond donors (Lipinski definition) is 2. The van der Waals surface area contributed by atoms with Gasteiger partial charge in [0.15, 0.2) is 0 Å². The molecule has 72 valence electrons. The van der Waals surface area contributed by atoms with Crippen molar-refractivity contribution in [2.24, 2.45) is 0 Å². The molecule has 2 heteroatoms. The van der Waals surface area contributed by atoms with Crippen molar-refractivity contribution in [1.82, 2.24) is 10.3 Å². The molecule has 2 aromatic rings. The van der Waals surface area contributed by atoms with E-state index >= 15 is 0 Å². The van der Waals surface area contributed by atoms with Gasteiger partial charge in [-0.05, 0) is 31.0 Å². The van der Waals surface area contributed by atoms with E-state index in [2.05, 4.69) is 40.8 Å². The van der Waals surface area contributed by atoms with Gasteiger partial charge >= 0.3 is 0 Å². The molecule has 1 atom stereocenters. The van der Waals surface area contributed by atoms with Gasteiger partial charge in [0.1, 0.15) is 0 Å². The molecule has 0 unspecified atom stereocenters. The molecule has 1 aromatic carbocycles. The highest BCUT2D eigenvalue weighted by Crippen LogP contribution is 2.29. The quantitative estimate of drug-likeness (QED) is 0.704. The van der Waals surface area contributed by atoms with Crippen molar-refractivity contribution in [2.45, 2.75) is 18.9 Å². The second-order valence-electron chi connectivity index (χ2n) is 3.94. The summed E-state index contributed by atoms with van der Waals surface area (Å²) in [5, 5.41) is 4.90. The van der Waals surface area contributed by atoms with Gasteiger partial charge < -0.3 is 10.3 Å². The second kappa shape index (κ2) is 3.14. The van der Waals surface area contributed by atoms with Crippen LogP contribution >= 0.6 is 0 Å². The van der Waals surface area contributed by atoms with Gasteiger partial charge in [-0.25, -0.2) is 0 Å². The number of para-hydroxylation sites is 1. The van der Waals surface area contributed by atoms with Gasteiger partial charge in [-0.15, -0.1) is 0 Å². The Kier molecular flexibility index (Phi) is 1.81. The molecule has 1 saturated heterocycles. The molecule has 2 N–H and O–H groups in total. The summed E-state index contributed by atoms with van der Waals surface area (Å²) in [4.78, 5) is 3.33. The molecule has 0 saturated carbocycles. The van der Waals surface area contributed by atoms with Crippen molar-refractivity contribution in [3.05, 3.63) is 36.0 Å². The Balaban J connectivity index is 2.11. The maximum absolute atomic E-state index is 3.53. The Morgan fingerprint density at radius 1 is 1.21 bits per heavy atom. The molecule has 1 fully saturated rings. The fourth-order valence-electron chi connectivity index (χ4n) is 2.33. The standard InChI is InChI=1S/C12H14N2/c1-2-5-11-9(4-1)10(8-14-11)12-6-3-7-13-12/h1-2,4-5,8,12-14H,3,6-7H2/t12-/m0/s1. The Morgan fingerprint density at radius 3 is 3.00 bits per heavy atom. The highest BCUT2D eigenvalue weighted by atomic mass is 14.9. The van der Waals surface area contributed by atoms with Gasteiger partial charge in [0.05, 0.1) is 0 Å². The number of fused-ring (bicyclic) bond motifs is 1. The number of aromatic amines is 1. The van der Waals surface area contributed by atoms with Crippen molar-refractivity contribution in [1.29, 1.82) is 0 Å². The van der Waals surface area contributed by atoms with Crippen molar-refractivity contribution < 1.29 is 0 Å². The molecule has 0 aliphatic carbocycles. The van der Waals surface area contributed by atoms with Crippen LogP contribution in [-0.2, 0) is 0 Å². The normalized spacial score (nSPS) is 21.9. The monoisotopic (exact) mass is 186 g/mol. The number of aromatic nitrogens is 1. The van der Waals surface area contributed by atoms with Crippen LogP contribution in [0.1, 0.15) is 24.4 Å². The molecule has 0 radical (unpaired) electrons. The summed E-state index contributed by atoms with van der Waals surface area (Å²) >= 11 is 0. The predicted molar refractivity (Wildman–Crippen MR) is 58.3 cm³/mol. The van der Waals surface area contributed by atoms with Crippen LogP contribution in [0.5, 0.6) is 0 Å². The molecule has 1 aliphatic rings. The fraction of sp³-hybridized carbons (Fsp3) is 0.333. The molecule has 14 heavy (non-hydrogen) atoms. The van der Waals surface area contributed by atoms with E-state index in [-0.39, 0.29) is 0 Å². The summed E-state index contributed by atoms with van der Waals surface area (Å²) in [6, 6.07) is 9.07. The highest BCUT2D eigenvalue weighted by Gasteiger charge is 2.18. The maximum atomic E-state index is 3.53. The Labute approximate surface area is 83.3 Å². The van der Waals surface area contributed by atoms with E-state index in [9.17, 15) is 0 Å². The van der Waals surface area contributed by atoms with E-state index in [0.717, 1.165) is 6.54 Å². The first-order valence-corrected chi connectivity index (χ1v) is 5.24. The van der Waals surface area contributed by atoms with Crippen LogP contribution in [0, 0.1) is 0 Å². The van der Waals surface area contributed by atoms with Crippen LogP contribution in [0.3, 0.4) is 0 Å². The van der Waals surface area contributed by atoms with Gasteiger partial charge in [0.25, 0.3) is 0 Å². The van der Waals surface area contributed by atoms with E-state index in [0.29, 0.717) is 6.04 Å². The van der Waals surface area contributed by atoms with E-state index in [1.807, 2.05) is 0 Å². The smallest absolute Gasteiger partial charge is 0.0457 e. The second-order valence-corrected chi connectivity index (χ2v) is 3.94. The van der Waals surface area contributed by atoms with Gasteiger partial charge in [0, 0.05) is 23.1 Å². The first kappa shape index (κ1) is 8.06. The zero-order valence-electron chi connectivity index (χ0n) is 8.09. The molecular formula is C12H14N2. The van der Waals surface area contributed by atoms with Crippen LogP contribution < -0.4 is 5.32 Å². The van der Waals surface area contributed by atoms with E-state index in [1.54, 1.807) is 0 Å². The third-order valence-corrected chi connectivity index (χ3v) is 3.06. The van der Waals surface area contributed by atoms with Gasteiger partial charge in [-0.2, -0.15) is 0 Å². The zero-order valence-corrected chi connectivity index (χ0v) is 8.09. The van der Waals surface area contributed by atoms with Crippen LogP contribution in [0.2, 0.25) is 0 Å². The topological polar surface area (TPSA) is 27.8 Å². The molecule has 0 amide bonds. The van der Waals surface area contributed by atoms with Gasteiger partial charge in [0.2, 0.25) is 0 Å². The SMILES string of the molecule is c1ccc2c([C@@H]3CCCN3)c[nH]c2c1. The average molecular weight is 186 g/mol. The van der Waals surface area contributed by atoms with Crippen molar-refractivity contribution in [2.75, 3.05) is 6.54 Å². The summed E-state index contributed by atoms with van der Waals surface area (Å²) in [5.74, 6) is 0. The summed E-state index contributed by atoms with van der Waals surface area (Å²) in [6.45, 7) is 1.16. The zero-order chi connectivity index (χ0) is 9.38. The Morgan fingerprint density at radius 2 is 2.14 bits per heavy atom. The van der Waals surface area contributed by atoms with Crippen LogP contribution in [0.15, 0.2) is 30.5 Å². The minimum atomic E-state index is 0.561. The van der Waals surface area contributed by atoms with E-state index in [1.165, 1.54) is 29.3 Å². The van der Waals surface area contributed by atoms with E-state index in [4.69, 9.17) is 0 Å². The number of nitrogens with one attached hydrogen (secondary N) is 2. The number of H-pyrrole nitrogens is 1. The van der Waals surface area contributed by atoms with Crippen LogP contribution in [-0.4, -0.2) is 11.5 Å². The molecule has 2 heterocycles. The first-order chi connectivity index (χ1) is 6.95. The van der Waals surface area contributed by atoms with Gasteiger partial charge in [-0.1, -0.05) is 18.2 Å². The molecule has 0 spiro atoms. The van der Waals surface area contributed by atoms with Gasteiger partial charge in [-0.3, -0.25) is 0 Å². The number of benzene rings is 1. The minimum Gasteiger partial charge on any atom is -0.361 e. The molecule has 1 aromatic heterocycles. The van der Waals surface area contributed by atoms with Crippen molar-refractivity contribution in [3.63, 3.8) is 0 Å². The molecule has 3 rings (SSSR count). The lowest BCUT2D eigenvalue weighted by atomic mass is 10.0. The lowest BCUT2D eigenvalue weighted by Crippen LogP contribution is -2.12. The van der Waals surface area contributed by atoms with Crippen LogP contribution in [0.25, 0.3) is 10.9 Å². The molecular weight excluding hydrogens is 172 g/mol. The molecule has 2 nitrogen and oxygen atoms in total. The predicted octanol–water partition coefficient (Wildman–Crippen LogP) is 2.59. The number of rotatable bonds is 1. The average Bonchev–Trinajstić information content (AvgIpc) is 2.85. The molecule has 1 aliphatic heterocycles. The Bertz CT molecular complexity index is 438. The van der Waals surface area contributed by atoms with Crippen molar-refractivity contribution >= 4 is 10.9 Å². The fourth-order valence-corrected chi connectivity index (χ4v) is 2.33. The minimum absolute atomic E-state index is 0.561. The summed E-state index contributed by atoms with van der Waals surface area (Å²) in [6.07, 6.45) is 4.71. The lowest BCUT2D eigenvalue weighted by Gasteiger charge is -2.07. The Hall–Kier alpha value is -1.28. The van der Waals surface area contributed by atoms with Crippen LogP contribution in [0.4, 0.5) is 0 Å². The largest absolute Gasteiger partial charge is 0.361 e. The first-order valence-electron chi connectivity index (χ1n) is 5.24. The molecule has 0 bridgehead atoms. The summed E-state index contributed by atoms with van der Waals surface area (Å²) < 4.78 is 0. The summed E-state index contributed by atoms with van der Waals surface area (Å²) in [5.41, 5.74) is 2.68.